The van der Waals surface area contributed by atoms with Crippen LogP contribution in [0, 0.1) is 0 Å². The number of hydrogen-bond acceptors (Lipinski definition) is 6. The van der Waals surface area contributed by atoms with Crippen LogP contribution in [-0.4, -0.2) is 23.4 Å². The van der Waals surface area contributed by atoms with Gasteiger partial charge in [0.2, 0.25) is 10.0 Å². The molecular formula is C16H15NO4S4. The fourth-order valence-electron chi connectivity index (χ4n) is 2.29. The largest absolute Gasteiger partial charge is 0.250 e. The first-order valence-electron chi connectivity index (χ1n) is 7.27. The average Bonchev–Trinajstić information content (AvgIpc) is 3.30. The fraction of sp³-hybridized carbons (Fsp3) is 0.125. The number of rotatable bonds is 7. The quantitative estimate of drug-likeness (QED) is 0.644. The van der Waals surface area contributed by atoms with Crippen molar-refractivity contribution in [3.8, 4) is 0 Å². The molecule has 0 fully saturated rings. The molecule has 0 unspecified atom stereocenters. The van der Waals surface area contributed by atoms with Gasteiger partial charge in [-0.2, -0.15) is 0 Å². The van der Waals surface area contributed by atoms with Gasteiger partial charge in [-0.05, 0) is 35.0 Å². The highest BCUT2D eigenvalue weighted by Crippen LogP contribution is 2.31. The molecule has 3 rings (SSSR count). The molecule has 0 aliphatic carbocycles. The van der Waals surface area contributed by atoms with E-state index in [0.29, 0.717) is 4.88 Å². The van der Waals surface area contributed by atoms with Crippen molar-refractivity contribution in [2.45, 2.75) is 14.4 Å². The van der Waals surface area contributed by atoms with Crippen LogP contribution in [0.1, 0.15) is 10.1 Å². The maximum absolute atomic E-state index is 13.0. The van der Waals surface area contributed by atoms with Gasteiger partial charge in [-0.25, -0.2) is 21.6 Å². The molecule has 1 N–H and O–H groups in total. The van der Waals surface area contributed by atoms with E-state index in [1.165, 1.54) is 29.5 Å². The Morgan fingerprint density at radius 3 is 2.12 bits per heavy atom. The highest BCUT2D eigenvalue weighted by Gasteiger charge is 2.31. The van der Waals surface area contributed by atoms with Crippen molar-refractivity contribution in [2.75, 3.05) is 6.54 Å². The summed E-state index contributed by atoms with van der Waals surface area (Å²) in [5, 5.41) is 2.45. The van der Waals surface area contributed by atoms with Gasteiger partial charge in [0.05, 0.1) is 4.90 Å². The van der Waals surface area contributed by atoms with Crippen LogP contribution < -0.4 is 4.72 Å². The van der Waals surface area contributed by atoms with Crippen LogP contribution in [-0.2, 0) is 19.9 Å². The highest BCUT2D eigenvalue weighted by molar-refractivity contribution is 7.92. The number of thiophene rings is 2. The van der Waals surface area contributed by atoms with E-state index in [2.05, 4.69) is 4.72 Å². The van der Waals surface area contributed by atoms with Crippen LogP contribution >= 0.6 is 22.7 Å². The van der Waals surface area contributed by atoms with E-state index < -0.39 is 25.1 Å². The summed E-state index contributed by atoms with van der Waals surface area (Å²) >= 11 is 2.37. The molecular weight excluding hydrogens is 398 g/mol. The van der Waals surface area contributed by atoms with Gasteiger partial charge in [0.25, 0.3) is 0 Å². The summed E-state index contributed by atoms with van der Waals surface area (Å²) in [7, 11) is -7.47. The number of hydrogen-bond donors (Lipinski definition) is 1. The predicted octanol–water partition coefficient (Wildman–Crippen LogP) is 3.30. The molecule has 0 saturated carbocycles. The van der Waals surface area contributed by atoms with Gasteiger partial charge in [-0.1, -0.05) is 30.3 Å². The minimum atomic E-state index is -3.74. The van der Waals surface area contributed by atoms with E-state index in [9.17, 15) is 16.8 Å². The summed E-state index contributed by atoms with van der Waals surface area (Å²) in [4.78, 5) is 0.765. The molecule has 0 aliphatic rings. The van der Waals surface area contributed by atoms with E-state index in [0.717, 1.165) is 11.3 Å². The maximum atomic E-state index is 13.0. The maximum Gasteiger partial charge on any atom is 0.250 e. The number of sulfone groups is 1. The Labute approximate surface area is 154 Å². The summed E-state index contributed by atoms with van der Waals surface area (Å²) in [5.74, 6) is 0. The molecule has 3 aromatic rings. The summed E-state index contributed by atoms with van der Waals surface area (Å²) in [6, 6.07) is 14.6. The van der Waals surface area contributed by atoms with Gasteiger partial charge in [-0.15, -0.1) is 22.7 Å². The van der Waals surface area contributed by atoms with Crippen molar-refractivity contribution < 1.29 is 16.8 Å². The molecule has 25 heavy (non-hydrogen) atoms. The van der Waals surface area contributed by atoms with Gasteiger partial charge in [0, 0.05) is 11.4 Å². The topological polar surface area (TPSA) is 80.3 Å². The molecule has 0 amide bonds. The van der Waals surface area contributed by atoms with E-state index >= 15 is 0 Å². The van der Waals surface area contributed by atoms with Gasteiger partial charge >= 0.3 is 0 Å². The van der Waals surface area contributed by atoms with Crippen molar-refractivity contribution >= 4 is 42.5 Å². The number of sulfonamides is 1. The Bertz CT molecular complexity index is 1010. The third-order valence-electron chi connectivity index (χ3n) is 3.53. The summed E-state index contributed by atoms with van der Waals surface area (Å²) < 4.78 is 53.3. The van der Waals surface area contributed by atoms with Crippen LogP contribution in [0.4, 0.5) is 0 Å². The lowest BCUT2D eigenvalue weighted by Crippen LogP contribution is -2.31. The van der Waals surface area contributed by atoms with Crippen molar-refractivity contribution in [1.82, 2.24) is 4.72 Å². The summed E-state index contributed by atoms with van der Waals surface area (Å²) in [6.07, 6.45) is 0. The predicted molar refractivity (Wildman–Crippen MR) is 100 cm³/mol. The van der Waals surface area contributed by atoms with Crippen molar-refractivity contribution in [2.24, 2.45) is 0 Å². The third-order valence-corrected chi connectivity index (χ3v) is 9.58. The van der Waals surface area contributed by atoms with E-state index in [4.69, 9.17) is 0 Å². The Kier molecular flexibility index (Phi) is 5.40. The minimum absolute atomic E-state index is 0.162. The van der Waals surface area contributed by atoms with E-state index in [1.54, 1.807) is 47.2 Å². The second kappa shape index (κ2) is 7.38. The Hall–Kier alpha value is -1.52. The lowest BCUT2D eigenvalue weighted by atomic mass is 10.3. The molecule has 132 valence electrons. The zero-order valence-corrected chi connectivity index (χ0v) is 16.2. The zero-order chi connectivity index (χ0) is 17.9. The van der Waals surface area contributed by atoms with Crippen LogP contribution in [0.3, 0.4) is 0 Å². The zero-order valence-electron chi connectivity index (χ0n) is 12.9. The molecule has 5 nitrogen and oxygen atoms in total. The first kappa shape index (κ1) is 18.3. The summed E-state index contributed by atoms with van der Waals surface area (Å²) in [5.41, 5.74) is 0. The van der Waals surface area contributed by atoms with Gasteiger partial charge < -0.3 is 0 Å². The van der Waals surface area contributed by atoms with Crippen molar-refractivity contribution in [3.05, 3.63) is 70.2 Å². The number of benzene rings is 1. The van der Waals surface area contributed by atoms with Gasteiger partial charge in [-0.3, -0.25) is 0 Å². The van der Waals surface area contributed by atoms with Crippen LogP contribution in [0.25, 0.3) is 0 Å². The van der Waals surface area contributed by atoms with E-state index in [-0.39, 0.29) is 15.6 Å². The summed E-state index contributed by atoms with van der Waals surface area (Å²) in [6.45, 7) is -0.224. The lowest BCUT2D eigenvalue weighted by molar-refractivity contribution is 0.571. The van der Waals surface area contributed by atoms with Crippen LogP contribution in [0.2, 0.25) is 0 Å². The van der Waals surface area contributed by atoms with Gasteiger partial charge in [0.1, 0.15) is 9.46 Å². The first-order valence-corrected chi connectivity index (χ1v) is 12.1. The molecule has 0 spiro atoms. The molecule has 1 aromatic carbocycles. The van der Waals surface area contributed by atoms with Gasteiger partial charge in [0.15, 0.2) is 9.84 Å². The third kappa shape index (κ3) is 4.01. The molecule has 0 bridgehead atoms. The van der Waals surface area contributed by atoms with Crippen LogP contribution in [0.5, 0.6) is 0 Å². The Morgan fingerprint density at radius 2 is 1.52 bits per heavy atom. The number of nitrogens with one attached hydrogen (secondary N) is 1. The second-order valence-corrected chi connectivity index (χ2v) is 11.2. The SMILES string of the molecule is O=S(=O)(NC[C@H](c1cccs1)S(=O)(=O)c1ccccc1)c1cccs1. The monoisotopic (exact) mass is 413 g/mol. The molecule has 9 heteroatoms. The average molecular weight is 414 g/mol. The molecule has 2 heterocycles. The lowest BCUT2D eigenvalue weighted by Gasteiger charge is -2.17. The van der Waals surface area contributed by atoms with Crippen molar-refractivity contribution in [3.63, 3.8) is 0 Å². The highest BCUT2D eigenvalue weighted by atomic mass is 32.2. The van der Waals surface area contributed by atoms with Crippen molar-refractivity contribution in [1.29, 1.82) is 0 Å². The second-order valence-electron chi connectivity index (χ2n) is 5.15. The molecule has 0 saturated heterocycles. The normalized spacial score (nSPS) is 13.6. The Balaban J connectivity index is 1.92. The minimum Gasteiger partial charge on any atom is -0.223 e. The Morgan fingerprint density at radius 1 is 0.840 bits per heavy atom. The smallest absolute Gasteiger partial charge is 0.223 e. The van der Waals surface area contributed by atoms with E-state index in [1.807, 2.05) is 0 Å². The molecule has 1 atom stereocenters. The molecule has 0 aliphatic heterocycles. The molecule has 2 aromatic heterocycles. The molecule has 0 radical (unpaired) electrons. The van der Waals surface area contributed by atoms with Crippen LogP contribution in [0.15, 0.2) is 74.5 Å². The standard InChI is InChI=1S/C16H15NO4S4/c18-24(19,13-6-2-1-3-7-13)15(14-8-4-10-22-14)12-17-25(20,21)16-9-5-11-23-16/h1-11,15,17H,12H2/t15-/m1/s1. The fourth-order valence-corrected chi connectivity index (χ4v) is 7.28. The first-order chi connectivity index (χ1) is 11.9.